The minimum atomic E-state index is -0.273. The van der Waals surface area contributed by atoms with Crippen molar-refractivity contribution in [3.63, 3.8) is 0 Å². The number of carbonyl (C=O) groups is 2. The number of Topliss-reactive ketones (excluding diaryl/α,β-unsaturated/α-hetero) is 2. The molecule has 1 aliphatic rings. The van der Waals surface area contributed by atoms with Gasteiger partial charge in [0.25, 0.3) is 0 Å². The van der Waals surface area contributed by atoms with E-state index in [1.807, 2.05) is 6.92 Å². The largest absolute Gasteiger partial charge is 0.289 e. The van der Waals surface area contributed by atoms with E-state index in [2.05, 4.69) is 19.7 Å². The van der Waals surface area contributed by atoms with Crippen LogP contribution in [0.4, 0.5) is 0 Å². The Hall–Kier alpha value is -2.22. The van der Waals surface area contributed by atoms with E-state index in [9.17, 15) is 9.59 Å². The lowest BCUT2D eigenvalue weighted by Gasteiger charge is -2.18. The van der Waals surface area contributed by atoms with Gasteiger partial charge >= 0.3 is 0 Å². The highest BCUT2D eigenvalue weighted by molar-refractivity contribution is 6.31. The van der Waals surface area contributed by atoms with E-state index in [-0.39, 0.29) is 28.3 Å². The number of ketones is 2. The van der Waals surface area contributed by atoms with Gasteiger partial charge in [-0.05, 0) is 6.92 Å². The highest BCUT2D eigenvalue weighted by atomic mass is 16.1. The van der Waals surface area contributed by atoms with Crippen molar-refractivity contribution in [2.24, 2.45) is 0 Å². The predicted molar refractivity (Wildman–Crippen MR) is 69.5 cm³/mol. The highest BCUT2D eigenvalue weighted by Crippen LogP contribution is 2.28. The molecule has 2 nitrogen and oxygen atoms in total. The molecule has 0 amide bonds. The van der Waals surface area contributed by atoms with E-state index >= 15 is 0 Å². The van der Waals surface area contributed by atoms with Gasteiger partial charge < -0.3 is 0 Å². The fourth-order valence-corrected chi connectivity index (χ4v) is 1.59. The molecule has 1 aliphatic carbocycles. The molecule has 2 heteroatoms. The van der Waals surface area contributed by atoms with Crippen molar-refractivity contribution in [2.75, 3.05) is 0 Å². The first-order chi connectivity index (χ1) is 8.08. The fourth-order valence-electron chi connectivity index (χ4n) is 1.59. The molecule has 0 spiro atoms. The second kappa shape index (κ2) is 5.21. The predicted octanol–water partition coefficient (Wildman–Crippen LogP) is 2.87. The molecular weight excluding hydrogens is 212 g/mol. The van der Waals surface area contributed by atoms with Crippen molar-refractivity contribution in [3.8, 4) is 0 Å². The van der Waals surface area contributed by atoms with Crippen molar-refractivity contribution < 1.29 is 9.59 Å². The quantitative estimate of drug-likeness (QED) is 0.693. The standard InChI is InChI=1S/C15H14O2/c1-5-8-9-13-10(4)14(16)11(6-2)12(7-3)15(13)17/h5-9H,2-4H2,1H3/b8-5-,13-9+. The zero-order valence-electron chi connectivity index (χ0n) is 9.82. The SMILES string of the molecule is C=CC1=C(C=C)C(=O)/C(=C/C=C\C)C(=C)C1=O. The smallest absolute Gasteiger partial charge is 0.194 e. The molecule has 0 aromatic heterocycles. The maximum atomic E-state index is 12.1. The highest BCUT2D eigenvalue weighted by Gasteiger charge is 2.30. The molecule has 17 heavy (non-hydrogen) atoms. The molecule has 0 heterocycles. The third-order valence-electron chi connectivity index (χ3n) is 2.49. The molecule has 0 fully saturated rings. The molecule has 0 saturated carbocycles. The summed E-state index contributed by atoms with van der Waals surface area (Å²) in [5, 5.41) is 0. The van der Waals surface area contributed by atoms with Gasteiger partial charge in [0.1, 0.15) is 0 Å². The molecule has 0 atom stereocenters. The lowest BCUT2D eigenvalue weighted by Crippen LogP contribution is -2.22. The Labute approximate surface area is 101 Å². The summed E-state index contributed by atoms with van der Waals surface area (Å²) in [6, 6.07) is 0. The summed E-state index contributed by atoms with van der Waals surface area (Å²) in [5.41, 5.74) is 1.07. The van der Waals surface area contributed by atoms with E-state index in [0.29, 0.717) is 5.57 Å². The molecule has 0 aliphatic heterocycles. The Morgan fingerprint density at radius 3 is 2.00 bits per heavy atom. The van der Waals surface area contributed by atoms with E-state index in [4.69, 9.17) is 0 Å². The van der Waals surface area contributed by atoms with Crippen LogP contribution in [0.5, 0.6) is 0 Å². The maximum Gasteiger partial charge on any atom is 0.194 e. The molecule has 0 N–H and O–H groups in total. The van der Waals surface area contributed by atoms with Crippen LogP contribution in [0.25, 0.3) is 0 Å². The van der Waals surface area contributed by atoms with Gasteiger partial charge in [0.05, 0.1) is 0 Å². The minimum absolute atomic E-state index is 0.202. The van der Waals surface area contributed by atoms with Crippen molar-refractivity contribution in [2.45, 2.75) is 6.92 Å². The first-order valence-corrected chi connectivity index (χ1v) is 5.19. The Kier molecular flexibility index (Phi) is 3.94. The summed E-state index contributed by atoms with van der Waals surface area (Å²) in [7, 11) is 0. The zero-order chi connectivity index (χ0) is 13.0. The second-order valence-corrected chi connectivity index (χ2v) is 3.48. The second-order valence-electron chi connectivity index (χ2n) is 3.48. The van der Waals surface area contributed by atoms with E-state index in [1.54, 1.807) is 18.2 Å². The molecule has 0 radical (unpaired) electrons. The number of allylic oxidation sites excluding steroid dienone is 9. The maximum absolute atomic E-state index is 12.1. The van der Waals surface area contributed by atoms with Crippen LogP contribution < -0.4 is 0 Å². The van der Waals surface area contributed by atoms with Crippen LogP contribution in [-0.2, 0) is 9.59 Å². The van der Waals surface area contributed by atoms with Crippen LogP contribution in [0.15, 0.2) is 72.4 Å². The Bertz CT molecular complexity index is 511. The summed E-state index contributed by atoms with van der Waals surface area (Å²) in [6.45, 7) is 12.6. The van der Waals surface area contributed by atoms with Crippen LogP contribution in [0.1, 0.15) is 6.92 Å². The van der Waals surface area contributed by atoms with Crippen molar-refractivity contribution >= 4 is 11.6 Å². The molecular formula is C15H14O2. The normalized spacial score (nSPS) is 19.4. The van der Waals surface area contributed by atoms with E-state index in [1.165, 1.54) is 12.2 Å². The van der Waals surface area contributed by atoms with Crippen molar-refractivity contribution in [1.82, 2.24) is 0 Å². The topological polar surface area (TPSA) is 34.1 Å². The fraction of sp³-hybridized carbons (Fsp3) is 0.0667. The first kappa shape index (κ1) is 12.8. The summed E-state index contributed by atoms with van der Waals surface area (Å²) in [6.07, 6.45) is 7.82. The molecule has 0 aromatic carbocycles. The molecule has 0 unspecified atom stereocenters. The van der Waals surface area contributed by atoms with Gasteiger partial charge in [0.15, 0.2) is 11.6 Å². The van der Waals surface area contributed by atoms with Crippen LogP contribution >= 0.6 is 0 Å². The lowest BCUT2D eigenvalue weighted by atomic mass is 9.82. The molecule has 0 saturated heterocycles. The lowest BCUT2D eigenvalue weighted by molar-refractivity contribution is -0.116. The third kappa shape index (κ3) is 2.16. The molecule has 0 bridgehead atoms. The van der Waals surface area contributed by atoms with Crippen LogP contribution in [-0.4, -0.2) is 11.6 Å². The number of hydrogen-bond acceptors (Lipinski definition) is 2. The molecule has 1 rings (SSSR count). The van der Waals surface area contributed by atoms with Gasteiger partial charge in [0, 0.05) is 22.3 Å². The van der Waals surface area contributed by atoms with Gasteiger partial charge in [-0.25, -0.2) is 0 Å². The summed E-state index contributed by atoms with van der Waals surface area (Å²) in [4.78, 5) is 24.0. The minimum Gasteiger partial charge on any atom is -0.289 e. The third-order valence-corrected chi connectivity index (χ3v) is 2.49. The monoisotopic (exact) mass is 226 g/mol. The number of hydrogen-bond donors (Lipinski definition) is 0. The van der Waals surface area contributed by atoms with Gasteiger partial charge in [0.2, 0.25) is 0 Å². The number of rotatable bonds is 3. The van der Waals surface area contributed by atoms with E-state index < -0.39 is 0 Å². The van der Waals surface area contributed by atoms with Crippen LogP contribution in [0, 0.1) is 0 Å². The van der Waals surface area contributed by atoms with Gasteiger partial charge in [-0.15, -0.1) is 0 Å². The Morgan fingerprint density at radius 1 is 1.00 bits per heavy atom. The van der Waals surface area contributed by atoms with Gasteiger partial charge in [-0.2, -0.15) is 0 Å². The Morgan fingerprint density at radius 2 is 1.53 bits per heavy atom. The number of carbonyl (C=O) groups excluding carboxylic acids is 2. The van der Waals surface area contributed by atoms with Crippen LogP contribution in [0.2, 0.25) is 0 Å². The van der Waals surface area contributed by atoms with Gasteiger partial charge in [-0.3, -0.25) is 9.59 Å². The summed E-state index contributed by atoms with van der Waals surface area (Å²) >= 11 is 0. The average molecular weight is 226 g/mol. The van der Waals surface area contributed by atoms with Crippen molar-refractivity contribution in [3.05, 3.63) is 72.4 Å². The summed E-state index contributed by atoms with van der Waals surface area (Å²) < 4.78 is 0. The Balaban J connectivity index is 3.48. The van der Waals surface area contributed by atoms with Crippen LogP contribution in [0.3, 0.4) is 0 Å². The van der Waals surface area contributed by atoms with E-state index in [0.717, 1.165) is 0 Å². The average Bonchev–Trinajstić information content (AvgIpc) is 2.33. The molecule has 86 valence electrons. The first-order valence-electron chi connectivity index (χ1n) is 5.19. The summed E-state index contributed by atoms with van der Waals surface area (Å²) in [5.74, 6) is -0.511. The van der Waals surface area contributed by atoms with Crippen molar-refractivity contribution in [1.29, 1.82) is 0 Å². The zero-order valence-corrected chi connectivity index (χ0v) is 9.82. The molecule has 0 aromatic rings. The van der Waals surface area contributed by atoms with Gasteiger partial charge in [-0.1, -0.05) is 50.1 Å².